The fraction of sp³-hybridized carbons (Fsp3) is 0.450. The van der Waals surface area contributed by atoms with Gasteiger partial charge < -0.3 is 0 Å². The Bertz CT molecular complexity index is 567. The molecule has 0 unspecified atom stereocenters. The van der Waals surface area contributed by atoms with Gasteiger partial charge in [-0.25, -0.2) is 0 Å². The second-order valence-electron chi connectivity index (χ2n) is 7.55. The molecule has 0 aliphatic heterocycles. The molecule has 0 aromatic heterocycles. The quantitative estimate of drug-likeness (QED) is 0.491. The van der Waals surface area contributed by atoms with E-state index in [9.17, 15) is 4.79 Å². The number of hydrogen-bond acceptors (Lipinski definition) is 1. The topological polar surface area (TPSA) is 17.1 Å². The molecule has 2 heteroatoms. The van der Waals surface area contributed by atoms with Crippen LogP contribution in [-0.4, -0.2) is 13.9 Å². The van der Waals surface area contributed by atoms with Gasteiger partial charge in [-0.1, -0.05) is 68.5 Å². The first-order valence-corrected chi connectivity index (χ1v) is 12.1. The summed E-state index contributed by atoms with van der Waals surface area (Å²) in [5.41, 5.74) is 4.12. The second kappa shape index (κ2) is 7.23. The number of carbonyl (C=O) groups is 1. The molecule has 0 spiro atoms. The van der Waals surface area contributed by atoms with Gasteiger partial charge in [0.15, 0.2) is 5.78 Å². The van der Waals surface area contributed by atoms with Gasteiger partial charge in [0.2, 0.25) is 0 Å². The highest BCUT2D eigenvalue weighted by Crippen LogP contribution is 2.33. The number of carbonyl (C=O) groups excluding carboxylic acids is 1. The van der Waals surface area contributed by atoms with Crippen molar-refractivity contribution < 1.29 is 4.79 Å². The maximum atomic E-state index is 13.1. The lowest BCUT2D eigenvalue weighted by Crippen LogP contribution is -2.24. The molecule has 0 saturated heterocycles. The van der Waals surface area contributed by atoms with Crippen molar-refractivity contribution in [2.24, 2.45) is 0 Å². The van der Waals surface area contributed by atoms with Gasteiger partial charge in [0.1, 0.15) is 0 Å². The zero-order chi connectivity index (χ0) is 16.2. The molecule has 0 N–H and O–H groups in total. The zero-order valence-electron chi connectivity index (χ0n) is 14.2. The third kappa shape index (κ3) is 4.54. The molecule has 0 heterocycles. The SMILES string of the molecule is C=C(C(=O)C(C[Si](C)(C)C)=C1CCCCC1)c1ccccc1. The number of rotatable bonds is 5. The summed E-state index contributed by atoms with van der Waals surface area (Å²) in [5, 5.41) is 0. The van der Waals surface area contributed by atoms with Crippen LogP contribution < -0.4 is 0 Å². The fourth-order valence-corrected chi connectivity index (χ4v) is 4.60. The molecule has 1 aromatic rings. The molecule has 1 aromatic carbocycles. The average molecular weight is 313 g/mol. The van der Waals surface area contributed by atoms with E-state index in [1.807, 2.05) is 30.3 Å². The molecule has 0 radical (unpaired) electrons. The standard InChI is InChI=1S/C20H28OSi/c1-16(17-11-7-5-8-12-17)20(21)19(15-22(2,3)4)18-13-9-6-10-14-18/h5,7-8,11-12H,1,6,9-10,13-15H2,2-4H3. The van der Waals surface area contributed by atoms with Crippen molar-refractivity contribution >= 4 is 19.4 Å². The van der Waals surface area contributed by atoms with Gasteiger partial charge >= 0.3 is 0 Å². The average Bonchev–Trinajstić information content (AvgIpc) is 2.52. The Labute approximate surface area is 136 Å². The molecule has 0 bridgehead atoms. The first kappa shape index (κ1) is 16.9. The second-order valence-corrected chi connectivity index (χ2v) is 13.0. The van der Waals surface area contributed by atoms with Crippen LogP contribution >= 0.6 is 0 Å². The monoisotopic (exact) mass is 312 g/mol. The number of Topliss-reactive ketones (excluding diaryl/α,β-unsaturated/α-hetero) is 1. The van der Waals surface area contributed by atoms with Crippen LogP contribution in [-0.2, 0) is 4.79 Å². The van der Waals surface area contributed by atoms with Crippen molar-refractivity contribution in [2.45, 2.75) is 57.8 Å². The molecule has 22 heavy (non-hydrogen) atoms. The normalized spacial score (nSPS) is 15.5. The first-order chi connectivity index (χ1) is 10.4. The van der Waals surface area contributed by atoms with E-state index >= 15 is 0 Å². The van der Waals surface area contributed by atoms with Crippen LogP contribution in [0, 0.1) is 0 Å². The van der Waals surface area contributed by atoms with Crippen LogP contribution in [0.3, 0.4) is 0 Å². The molecular formula is C20H28OSi. The van der Waals surface area contributed by atoms with Gasteiger partial charge in [0.05, 0.1) is 0 Å². The summed E-state index contributed by atoms with van der Waals surface area (Å²) in [6, 6.07) is 10.9. The Morgan fingerprint density at radius 3 is 2.18 bits per heavy atom. The van der Waals surface area contributed by atoms with Crippen LogP contribution in [0.5, 0.6) is 0 Å². The van der Waals surface area contributed by atoms with Gasteiger partial charge in [-0.2, -0.15) is 0 Å². The lowest BCUT2D eigenvalue weighted by molar-refractivity contribution is -0.110. The maximum Gasteiger partial charge on any atom is 0.188 e. The van der Waals surface area contributed by atoms with Crippen LogP contribution in [0.1, 0.15) is 37.7 Å². The van der Waals surface area contributed by atoms with E-state index in [4.69, 9.17) is 0 Å². The van der Waals surface area contributed by atoms with Gasteiger partial charge in [0, 0.05) is 13.6 Å². The minimum absolute atomic E-state index is 0.186. The first-order valence-electron chi connectivity index (χ1n) is 8.38. The van der Waals surface area contributed by atoms with E-state index < -0.39 is 8.07 Å². The summed E-state index contributed by atoms with van der Waals surface area (Å²) < 4.78 is 0. The molecule has 0 atom stereocenters. The minimum Gasteiger partial charge on any atom is -0.289 e. The summed E-state index contributed by atoms with van der Waals surface area (Å²) in [6.07, 6.45) is 5.98. The smallest absolute Gasteiger partial charge is 0.188 e. The summed E-state index contributed by atoms with van der Waals surface area (Å²) in [4.78, 5) is 13.1. The van der Waals surface area contributed by atoms with E-state index in [0.29, 0.717) is 5.57 Å². The highest BCUT2D eigenvalue weighted by molar-refractivity contribution is 6.77. The Kier molecular flexibility index (Phi) is 5.57. The number of allylic oxidation sites excluding steroid dienone is 3. The van der Waals surface area contributed by atoms with Crippen LogP contribution in [0.25, 0.3) is 5.57 Å². The molecule has 1 fully saturated rings. The Balaban J connectivity index is 2.32. The van der Waals surface area contributed by atoms with Crippen LogP contribution in [0.15, 0.2) is 48.1 Å². The molecule has 0 amide bonds. The number of ketones is 1. The van der Waals surface area contributed by atoms with Crippen molar-refractivity contribution in [1.29, 1.82) is 0 Å². The van der Waals surface area contributed by atoms with Crippen molar-refractivity contribution in [3.8, 4) is 0 Å². The van der Waals surface area contributed by atoms with Gasteiger partial charge in [-0.3, -0.25) is 4.79 Å². The number of benzene rings is 1. The maximum absolute atomic E-state index is 13.1. The largest absolute Gasteiger partial charge is 0.289 e. The third-order valence-electron chi connectivity index (χ3n) is 4.26. The summed E-state index contributed by atoms with van der Waals surface area (Å²) in [7, 11) is -1.33. The molecule has 1 saturated carbocycles. The Morgan fingerprint density at radius 1 is 1.05 bits per heavy atom. The third-order valence-corrected chi connectivity index (χ3v) is 5.68. The summed E-state index contributed by atoms with van der Waals surface area (Å²) in [6.45, 7) is 11.1. The van der Waals surface area contributed by atoms with E-state index in [2.05, 4.69) is 26.2 Å². The fourth-order valence-electron chi connectivity index (χ4n) is 3.13. The summed E-state index contributed by atoms with van der Waals surface area (Å²) in [5.74, 6) is 0.186. The Morgan fingerprint density at radius 2 is 1.64 bits per heavy atom. The molecule has 2 rings (SSSR count). The van der Waals surface area contributed by atoms with E-state index in [1.165, 1.54) is 24.8 Å². The Hall–Kier alpha value is -1.41. The van der Waals surface area contributed by atoms with Gasteiger partial charge in [-0.15, -0.1) is 0 Å². The highest BCUT2D eigenvalue weighted by atomic mass is 28.3. The number of hydrogen-bond donors (Lipinski definition) is 0. The van der Waals surface area contributed by atoms with Crippen molar-refractivity contribution in [3.05, 3.63) is 53.6 Å². The van der Waals surface area contributed by atoms with Crippen molar-refractivity contribution in [3.63, 3.8) is 0 Å². The highest BCUT2D eigenvalue weighted by Gasteiger charge is 2.25. The van der Waals surface area contributed by atoms with Gasteiger partial charge in [-0.05, 0) is 42.9 Å². The molecule has 118 valence electrons. The van der Waals surface area contributed by atoms with E-state index in [0.717, 1.165) is 30.0 Å². The van der Waals surface area contributed by atoms with Gasteiger partial charge in [0.25, 0.3) is 0 Å². The van der Waals surface area contributed by atoms with Crippen LogP contribution in [0.2, 0.25) is 25.7 Å². The minimum atomic E-state index is -1.33. The lowest BCUT2D eigenvalue weighted by atomic mass is 9.87. The summed E-state index contributed by atoms with van der Waals surface area (Å²) >= 11 is 0. The molecule has 1 nitrogen and oxygen atoms in total. The predicted octanol–water partition coefficient (Wildman–Crippen LogP) is 5.87. The van der Waals surface area contributed by atoms with Crippen molar-refractivity contribution in [2.75, 3.05) is 0 Å². The van der Waals surface area contributed by atoms with Crippen LogP contribution in [0.4, 0.5) is 0 Å². The molecule has 1 aliphatic rings. The van der Waals surface area contributed by atoms with E-state index in [-0.39, 0.29) is 5.78 Å². The lowest BCUT2D eigenvalue weighted by Gasteiger charge is -2.24. The predicted molar refractivity (Wildman–Crippen MR) is 98.7 cm³/mol. The molecular weight excluding hydrogens is 284 g/mol. The van der Waals surface area contributed by atoms with Crippen molar-refractivity contribution in [1.82, 2.24) is 0 Å². The zero-order valence-corrected chi connectivity index (χ0v) is 15.2. The van der Waals surface area contributed by atoms with E-state index in [1.54, 1.807) is 0 Å². The molecule has 1 aliphatic carbocycles.